The van der Waals surface area contributed by atoms with Crippen LogP contribution in [0.15, 0.2) is 54.6 Å². The lowest BCUT2D eigenvalue weighted by Crippen LogP contribution is -2.57. The predicted molar refractivity (Wildman–Crippen MR) is 147 cm³/mol. The third-order valence-corrected chi connectivity index (χ3v) is 7.29. The highest BCUT2D eigenvalue weighted by atomic mass is 16.6. The van der Waals surface area contributed by atoms with E-state index in [1.54, 1.807) is 33.1 Å². The molecule has 0 aromatic heterocycles. The lowest BCUT2D eigenvalue weighted by Gasteiger charge is -2.27. The minimum absolute atomic E-state index is 0.173. The van der Waals surface area contributed by atoms with Gasteiger partial charge in [-0.2, -0.15) is 0 Å². The van der Waals surface area contributed by atoms with Gasteiger partial charge in [-0.1, -0.05) is 42.5 Å². The molecule has 2 saturated heterocycles. The van der Waals surface area contributed by atoms with Gasteiger partial charge in [0, 0.05) is 6.42 Å². The Labute approximate surface area is 234 Å². The van der Waals surface area contributed by atoms with Gasteiger partial charge in [0.05, 0.1) is 38.9 Å². The fourth-order valence-corrected chi connectivity index (χ4v) is 4.40. The highest BCUT2D eigenvalue weighted by Gasteiger charge is 2.50. The zero-order valence-corrected chi connectivity index (χ0v) is 23.1. The van der Waals surface area contributed by atoms with Crippen molar-refractivity contribution in [2.24, 2.45) is 5.92 Å². The van der Waals surface area contributed by atoms with E-state index in [2.05, 4.69) is 16.0 Å². The number of amides is 3. The number of carbonyl (C=O) groups excluding carboxylic acids is 4. The van der Waals surface area contributed by atoms with Crippen LogP contribution in [0.5, 0.6) is 5.75 Å². The number of hydrogen-bond acceptors (Lipinski definition) is 7. The topological polar surface area (TPSA) is 135 Å². The Morgan fingerprint density at radius 2 is 1.57 bits per heavy atom. The number of methoxy groups -OCH3 is 1. The molecule has 2 fully saturated rings. The van der Waals surface area contributed by atoms with Crippen LogP contribution < -0.4 is 20.7 Å². The van der Waals surface area contributed by atoms with E-state index in [1.165, 1.54) is 0 Å². The molecule has 2 aromatic rings. The quantitative estimate of drug-likeness (QED) is 0.302. The molecule has 10 nitrogen and oxygen atoms in total. The fourth-order valence-electron chi connectivity index (χ4n) is 4.40. The second-order valence-corrected chi connectivity index (χ2v) is 10.5. The van der Waals surface area contributed by atoms with Crippen LogP contribution in [0.2, 0.25) is 0 Å². The maximum Gasteiger partial charge on any atom is 0.243 e. The molecule has 2 aliphatic rings. The molecule has 0 saturated carbocycles. The van der Waals surface area contributed by atoms with Gasteiger partial charge >= 0.3 is 0 Å². The maximum atomic E-state index is 13.6. The molecule has 4 rings (SSSR count). The zero-order valence-electron chi connectivity index (χ0n) is 23.1. The van der Waals surface area contributed by atoms with Gasteiger partial charge in [-0.05, 0) is 49.9 Å². The monoisotopic (exact) mass is 551 g/mol. The van der Waals surface area contributed by atoms with Crippen LogP contribution in [-0.2, 0) is 41.5 Å². The molecule has 0 unspecified atom stereocenters. The van der Waals surface area contributed by atoms with E-state index >= 15 is 0 Å². The third kappa shape index (κ3) is 7.67. The lowest BCUT2D eigenvalue weighted by atomic mass is 9.94. The van der Waals surface area contributed by atoms with Gasteiger partial charge in [0.1, 0.15) is 23.4 Å². The second kappa shape index (κ2) is 13.1. The zero-order chi connectivity index (χ0) is 28.7. The molecule has 2 heterocycles. The molecule has 2 aromatic carbocycles. The van der Waals surface area contributed by atoms with Gasteiger partial charge in [0.2, 0.25) is 17.7 Å². The summed E-state index contributed by atoms with van der Waals surface area (Å²) in [6.45, 7) is 4.23. The first-order valence-corrected chi connectivity index (χ1v) is 13.5. The summed E-state index contributed by atoms with van der Waals surface area (Å²) < 4.78 is 15.7. The first kappa shape index (κ1) is 29.2. The number of carbonyl (C=O) groups is 4. The predicted octanol–water partition coefficient (Wildman–Crippen LogP) is 1.35. The molecule has 2 aliphatic heterocycles. The Kier molecular flexibility index (Phi) is 9.54. The van der Waals surface area contributed by atoms with E-state index in [0.29, 0.717) is 38.4 Å². The van der Waals surface area contributed by atoms with Gasteiger partial charge in [0.25, 0.3) is 0 Å². The second-order valence-electron chi connectivity index (χ2n) is 10.5. The molecule has 4 atom stereocenters. The van der Waals surface area contributed by atoms with Crippen LogP contribution in [-0.4, -0.2) is 74.2 Å². The Bertz CT molecular complexity index is 1190. The summed E-state index contributed by atoms with van der Waals surface area (Å²) in [5.41, 5.74) is 0.906. The Balaban J connectivity index is 1.48. The van der Waals surface area contributed by atoms with E-state index in [1.807, 2.05) is 42.5 Å². The standard InChI is InChI=1S/C30H37N3O7/c1-19(31-28(36)22-16-39-17-22)27(35)33-25(15-21-9-12-23(38-3)13-10-21)29(37)32-24(26(34)30(2)18-40-30)14-11-20-7-5-4-6-8-20/h4-10,12-13,19,22,24-25H,11,14-18H2,1-3H3,(H,31,36)(H,32,37)(H,33,35)/t19-,24-,25-,30+/m0/s1. The molecule has 0 spiro atoms. The van der Waals surface area contributed by atoms with E-state index in [9.17, 15) is 19.2 Å². The average Bonchev–Trinajstić information content (AvgIpc) is 3.68. The molecule has 0 aliphatic carbocycles. The molecular weight excluding hydrogens is 514 g/mol. The number of benzene rings is 2. The highest BCUT2D eigenvalue weighted by molar-refractivity contribution is 5.98. The SMILES string of the molecule is COc1ccc(C[C@H](NC(=O)[C@H](C)NC(=O)C2COC2)C(=O)N[C@@H](CCc2ccccc2)C(=O)[C@@]2(C)CO2)cc1. The number of Topliss-reactive ketones (excluding diaryl/α,β-unsaturated/α-hetero) is 1. The normalized spacial score (nSPS) is 20.3. The molecule has 0 radical (unpaired) electrons. The number of epoxide rings is 1. The van der Waals surface area contributed by atoms with E-state index < -0.39 is 35.5 Å². The van der Waals surface area contributed by atoms with E-state index in [4.69, 9.17) is 14.2 Å². The fraction of sp³-hybridized carbons (Fsp3) is 0.467. The van der Waals surface area contributed by atoms with Crippen LogP contribution in [0.3, 0.4) is 0 Å². The lowest BCUT2D eigenvalue weighted by molar-refractivity contribution is -0.142. The molecule has 0 bridgehead atoms. The van der Waals surface area contributed by atoms with Crippen LogP contribution in [0.25, 0.3) is 0 Å². The summed E-state index contributed by atoms with van der Waals surface area (Å²) in [6.07, 6.45) is 1.13. The summed E-state index contributed by atoms with van der Waals surface area (Å²) in [4.78, 5) is 52.3. The van der Waals surface area contributed by atoms with Crippen LogP contribution in [0.4, 0.5) is 0 Å². The first-order valence-electron chi connectivity index (χ1n) is 13.5. The maximum absolute atomic E-state index is 13.6. The first-order chi connectivity index (χ1) is 19.2. The largest absolute Gasteiger partial charge is 0.497 e. The summed E-state index contributed by atoms with van der Waals surface area (Å²) in [7, 11) is 1.56. The molecule has 40 heavy (non-hydrogen) atoms. The van der Waals surface area contributed by atoms with Crippen LogP contribution >= 0.6 is 0 Å². The molecule has 10 heteroatoms. The highest BCUT2D eigenvalue weighted by Crippen LogP contribution is 2.29. The number of hydrogen-bond donors (Lipinski definition) is 3. The van der Waals surface area contributed by atoms with Gasteiger partial charge < -0.3 is 30.2 Å². The summed E-state index contributed by atoms with van der Waals surface area (Å²) in [5.74, 6) is -1.09. The Morgan fingerprint density at radius 1 is 0.925 bits per heavy atom. The number of ketones is 1. The smallest absolute Gasteiger partial charge is 0.243 e. The molecule has 214 valence electrons. The summed E-state index contributed by atoms with van der Waals surface area (Å²) in [6, 6.07) is 14.2. The summed E-state index contributed by atoms with van der Waals surface area (Å²) in [5, 5.41) is 8.34. The van der Waals surface area contributed by atoms with Crippen molar-refractivity contribution < 1.29 is 33.4 Å². The summed E-state index contributed by atoms with van der Waals surface area (Å²) >= 11 is 0. The van der Waals surface area contributed by atoms with Crippen LogP contribution in [0.1, 0.15) is 31.4 Å². The number of ether oxygens (including phenoxy) is 3. The van der Waals surface area contributed by atoms with Gasteiger partial charge in [-0.3, -0.25) is 19.2 Å². The van der Waals surface area contributed by atoms with Gasteiger partial charge in [-0.15, -0.1) is 0 Å². The van der Waals surface area contributed by atoms with Crippen molar-refractivity contribution in [3.8, 4) is 5.75 Å². The Hall–Kier alpha value is -3.76. The number of nitrogens with one attached hydrogen (secondary N) is 3. The molecular formula is C30H37N3O7. The molecule has 3 amide bonds. The average molecular weight is 552 g/mol. The minimum Gasteiger partial charge on any atom is -0.497 e. The third-order valence-electron chi connectivity index (χ3n) is 7.29. The van der Waals surface area contributed by atoms with Crippen molar-refractivity contribution in [2.75, 3.05) is 26.9 Å². The Morgan fingerprint density at radius 3 is 2.15 bits per heavy atom. The minimum atomic E-state index is -0.993. The van der Waals surface area contributed by atoms with E-state index in [0.717, 1.165) is 11.1 Å². The molecule has 3 N–H and O–H groups in total. The van der Waals surface area contributed by atoms with Crippen molar-refractivity contribution in [2.45, 2.75) is 56.8 Å². The van der Waals surface area contributed by atoms with Gasteiger partial charge in [-0.25, -0.2) is 0 Å². The van der Waals surface area contributed by atoms with Crippen molar-refractivity contribution in [1.29, 1.82) is 0 Å². The van der Waals surface area contributed by atoms with Crippen molar-refractivity contribution >= 4 is 23.5 Å². The van der Waals surface area contributed by atoms with Crippen LogP contribution in [0, 0.1) is 5.92 Å². The van der Waals surface area contributed by atoms with Crippen molar-refractivity contribution in [3.63, 3.8) is 0 Å². The van der Waals surface area contributed by atoms with Gasteiger partial charge in [0.15, 0.2) is 5.78 Å². The van der Waals surface area contributed by atoms with E-state index in [-0.39, 0.29) is 24.0 Å². The van der Waals surface area contributed by atoms with Crippen molar-refractivity contribution in [3.05, 3.63) is 65.7 Å². The number of aryl methyl sites for hydroxylation is 1. The number of rotatable bonds is 14. The van der Waals surface area contributed by atoms with Crippen molar-refractivity contribution in [1.82, 2.24) is 16.0 Å².